The second kappa shape index (κ2) is 16.8. The monoisotopic (exact) mass is 913 g/mol. The van der Waals surface area contributed by atoms with Crippen LogP contribution >= 0.6 is 11.3 Å². The number of hydrogen-bond acceptors (Lipinski definition) is 15. The van der Waals surface area contributed by atoms with Gasteiger partial charge in [-0.1, -0.05) is 50.3 Å². The lowest BCUT2D eigenvalue weighted by Gasteiger charge is -2.35. The predicted molar refractivity (Wildman–Crippen MR) is 239 cm³/mol. The molecule has 5 atom stereocenters. The van der Waals surface area contributed by atoms with E-state index in [0.717, 1.165) is 16.7 Å². The Morgan fingerprint density at radius 2 is 1.77 bits per heavy atom. The summed E-state index contributed by atoms with van der Waals surface area (Å²) in [5.74, 6) is -2.06. The molecule has 3 fully saturated rings. The molecule has 0 spiro atoms. The fraction of sp³-hybridized carbons (Fsp3) is 0.444. The maximum Gasteiger partial charge on any atom is 0.350 e. The van der Waals surface area contributed by atoms with Gasteiger partial charge in [-0.2, -0.15) is 4.98 Å². The van der Waals surface area contributed by atoms with Gasteiger partial charge in [0.1, 0.15) is 45.5 Å². The smallest absolute Gasteiger partial charge is 0.350 e. The van der Waals surface area contributed by atoms with Gasteiger partial charge in [0.05, 0.1) is 30.7 Å². The number of rotatable bonds is 15. The number of esters is 1. The number of hydrogen-bond donors (Lipinski definition) is 3. The first kappa shape index (κ1) is 44.5. The molecule has 3 aromatic heterocycles. The fourth-order valence-electron chi connectivity index (χ4n) is 7.96. The van der Waals surface area contributed by atoms with Gasteiger partial charge in [0.2, 0.25) is 27.4 Å². The van der Waals surface area contributed by atoms with Crippen LogP contribution in [-0.2, 0) is 29.1 Å². The molecule has 0 unspecified atom stereocenters. The predicted octanol–water partition coefficient (Wildman–Crippen LogP) is 5.93. The topological polar surface area (TPSA) is 221 Å². The van der Waals surface area contributed by atoms with Crippen molar-refractivity contribution in [3.8, 4) is 23.0 Å². The maximum atomic E-state index is 15.0. The van der Waals surface area contributed by atoms with Crippen LogP contribution in [0.2, 0.25) is 0 Å². The number of furan rings is 1. The minimum Gasteiger partial charge on any atom is -0.491 e. The van der Waals surface area contributed by atoms with Crippen LogP contribution < -0.4 is 24.8 Å². The van der Waals surface area contributed by atoms with Crippen LogP contribution in [0.4, 0.5) is 5.13 Å². The van der Waals surface area contributed by atoms with Gasteiger partial charge in [-0.15, -0.1) is 6.58 Å². The molecule has 64 heavy (non-hydrogen) atoms. The molecule has 1 aliphatic heterocycles. The summed E-state index contributed by atoms with van der Waals surface area (Å²) in [7, 11) is -2.68. The van der Waals surface area contributed by atoms with E-state index >= 15 is 4.79 Å². The van der Waals surface area contributed by atoms with Gasteiger partial charge in [-0.05, 0) is 81.8 Å². The lowest BCUT2D eigenvalue weighted by atomic mass is 9.85. The molecule has 338 valence electrons. The largest absolute Gasteiger partial charge is 0.491 e. The van der Waals surface area contributed by atoms with Crippen molar-refractivity contribution in [3.63, 3.8) is 0 Å². The highest BCUT2D eigenvalue weighted by Crippen LogP contribution is 2.46. The summed E-state index contributed by atoms with van der Waals surface area (Å²) in [6, 6.07) is 12.5. The number of nitrogens with zero attached hydrogens (tertiary/aromatic N) is 4. The summed E-state index contributed by atoms with van der Waals surface area (Å²) < 4.78 is 51.7. The van der Waals surface area contributed by atoms with E-state index < -0.39 is 74.0 Å². The van der Waals surface area contributed by atoms with Crippen LogP contribution in [0.3, 0.4) is 0 Å². The molecule has 0 bridgehead atoms. The SMILES string of the molecule is C=C[C@@H]1C[C@]1(NC(=O)[C@@H]1C[C@@H](Oc2nc(-c3ccc(OC(C)C)cc3)nc3c2oc2ccccc23)CN1C(=O)[C@@H](Nc1nc(C)c(C(=O)OC)s1)C(C)(C)C)C(=O)NS(=O)(=O)C1CC1. The van der Waals surface area contributed by atoms with Crippen molar-refractivity contribution >= 4 is 72.3 Å². The van der Waals surface area contributed by atoms with Gasteiger partial charge >= 0.3 is 5.97 Å². The van der Waals surface area contributed by atoms with E-state index in [1.54, 1.807) is 6.92 Å². The normalized spacial score (nSPS) is 21.4. The number of amides is 3. The molecule has 2 aromatic carbocycles. The average Bonchev–Trinajstić information content (AvgIpc) is 4.11. The third-order valence-corrected chi connectivity index (χ3v) is 14.5. The number of fused-ring (bicyclic) bond motifs is 3. The first-order valence-corrected chi connectivity index (χ1v) is 23.4. The van der Waals surface area contributed by atoms with Crippen molar-refractivity contribution < 1.29 is 46.2 Å². The molecule has 3 N–H and O–H groups in total. The fourth-order valence-corrected chi connectivity index (χ4v) is 10.2. The summed E-state index contributed by atoms with van der Waals surface area (Å²) >= 11 is 1.04. The molecule has 3 amide bonds. The van der Waals surface area contributed by atoms with Gasteiger partial charge in [-0.3, -0.25) is 19.1 Å². The van der Waals surface area contributed by atoms with Crippen molar-refractivity contribution in [2.24, 2.45) is 11.3 Å². The Bertz CT molecular complexity index is 2780. The number of carbonyl (C=O) groups excluding carboxylic acids is 4. The summed E-state index contributed by atoms with van der Waals surface area (Å²) in [5.41, 5.74) is 0.0346. The maximum absolute atomic E-state index is 15.0. The van der Waals surface area contributed by atoms with E-state index in [-0.39, 0.29) is 41.8 Å². The molecule has 1 saturated heterocycles. The minimum atomic E-state index is -3.95. The van der Waals surface area contributed by atoms with Crippen LogP contribution in [0.25, 0.3) is 33.5 Å². The summed E-state index contributed by atoms with van der Waals surface area (Å²) in [5, 5.41) is 6.42. The second-order valence-corrected chi connectivity index (χ2v) is 20.8. The molecule has 17 nitrogen and oxygen atoms in total. The molecular weight excluding hydrogens is 863 g/mol. The minimum absolute atomic E-state index is 0.0243. The van der Waals surface area contributed by atoms with Crippen LogP contribution in [0.5, 0.6) is 11.6 Å². The standard InChI is InChI=1S/C45H51N7O10S2/c1-9-26-21-45(26,42(56)51-64(57,58)29-18-19-29)50-38(53)31-20-28(22-52(31)40(54)36(44(5,6)7)48-43-46-24(4)35(63-43)41(55)59-8)61-39-34-33(30-12-10-11-13-32(30)62-34)47-37(49-39)25-14-16-27(17-15-25)60-23(2)3/h9-17,23,26,28-29,31,36H,1,18-22H2,2-8H3,(H,46,48)(H,50,53)(H,51,56)/t26-,28-,31+,36-,45-/m1/s1. The number of benzene rings is 2. The average molecular weight is 914 g/mol. The van der Waals surface area contributed by atoms with Gasteiger partial charge in [-0.25, -0.2) is 23.2 Å². The lowest BCUT2D eigenvalue weighted by Crippen LogP contribution is -2.58. The third-order valence-electron chi connectivity index (χ3n) is 11.6. The molecule has 2 aliphatic carbocycles. The van der Waals surface area contributed by atoms with Gasteiger partial charge < -0.3 is 34.2 Å². The number of anilines is 1. The van der Waals surface area contributed by atoms with E-state index in [2.05, 4.69) is 26.9 Å². The zero-order valence-corrected chi connectivity index (χ0v) is 38.2. The van der Waals surface area contributed by atoms with E-state index in [4.69, 9.17) is 28.6 Å². The van der Waals surface area contributed by atoms with Crippen LogP contribution in [0.1, 0.15) is 75.7 Å². The summed E-state index contributed by atoms with van der Waals surface area (Å²) in [6.07, 6.45) is 1.58. The number of methoxy groups -OCH3 is 1. The molecule has 2 saturated carbocycles. The van der Waals surface area contributed by atoms with Crippen molar-refractivity contribution in [1.82, 2.24) is 29.9 Å². The number of aryl methyl sites for hydroxylation is 1. The first-order chi connectivity index (χ1) is 30.3. The Balaban J connectivity index is 1.15. The Labute approximate surface area is 374 Å². The number of aromatic nitrogens is 3. The van der Waals surface area contributed by atoms with Crippen molar-refractivity contribution in [1.29, 1.82) is 0 Å². The van der Waals surface area contributed by atoms with Crippen molar-refractivity contribution in [2.75, 3.05) is 19.0 Å². The number of ether oxygens (including phenoxy) is 3. The summed E-state index contributed by atoms with van der Waals surface area (Å²) in [6.45, 7) is 14.8. The Kier molecular flexibility index (Phi) is 11.7. The van der Waals surface area contributed by atoms with Crippen molar-refractivity contribution in [2.45, 2.75) is 102 Å². The Morgan fingerprint density at radius 3 is 2.41 bits per heavy atom. The van der Waals surface area contributed by atoms with Gasteiger partial charge in [0.15, 0.2) is 11.0 Å². The van der Waals surface area contributed by atoms with E-state index in [1.807, 2.05) is 83.1 Å². The van der Waals surface area contributed by atoms with E-state index in [1.165, 1.54) is 18.1 Å². The van der Waals surface area contributed by atoms with E-state index in [0.29, 0.717) is 51.9 Å². The number of thiazole rings is 1. The zero-order chi connectivity index (χ0) is 45.9. The van der Waals surface area contributed by atoms with Crippen LogP contribution in [0, 0.1) is 18.3 Å². The highest BCUT2D eigenvalue weighted by atomic mass is 32.2. The molecule has 5 aromatic rings. The molecule has 19 heteroatoms. The van der Waals surface area contributed by atoms with Crippen LogP contribution in [-0.4, -0.2) is 101 Å². The second-order valence-electron chi connectivity index (χ2n) is 17.9. The van der Waals surface area contributed by atoms with Crippen molar-refractivity contribution in [3.05, 3.63) is 71.8 Å². The highest BCUT2D eigenvalue weighted by molar-refractivity contribution is 7.91. The third kappa shape index (κ3) is 8.74. The quantitative estimate of drug-likeness (QED) is 0.0820. The number of sulfonamides is 1. The highest BCUT2D eigenvalue weighted by Gasteiger charge is 2.62. The Hall–Kier alpha value is -6.08. The number of nitrogens with one attached hydrogen (secondary N) is 3. The molecule has 3 aliphatic rings. The van der Waals surface area contributed by atoms with Gasteiger partial charge in [0, 0.05) is 23.3 Å². The molecular formula is C45H51N7O10S2. The molecule has 0 radical (unpaired) electrons. The summed E-state index contributed by atoms with van der Waals surface area (Å²) in [4.78, 5) is 71.8. The lowest BCUT2D eigenvalue weighted by molar-refractivity contribution is -0.141. The number of para-hydroxylation sites is 1. The zero-order valence-electron chi connectivity index (χ0n) is 36.6. The molecule has 4 heterocycles. The van der Waals surface area contributed by atoms with Gasteiger partial charge in [0.25, 0.3) is 11.8 Å². The Morgan fingerprint density at radius 1 is 1.05 bits per heavy atom. The van der Waals surface area contributed by atoms with E-state index in [9.17, 15) is 22.8 Å². The molecule has 8 rings (SSSR count). The van der Waals surface area contributed by atoms with Crippen LogP contribution in [0.15, 0.2) is 65.6 Å². The first-order valence-electron chi connectivity index (χ1n) is 21.1. The number of carbonyl (C=O) groups is 4. The number of likely N-dealkylation sites (tertiary alicyclic amines) is 1.